The highest BCUT2D eigenvalue weighted by atomic mass is 16.6. The van der Waals surface area contributed by atoms with Crippen LogP contribution in [-0.2, 0) is 25.7 Å². The summed E-state index contributed by atoms with van der Waals surface area (Å²) in [5, 5.41) is 7.98. The summed E-state index contributed by atoms with van der Waals surface area (Å²) in [6.07, 6.45) is 2.26. The first kappa shape index (κ1) is 34.6. The number of nitrogens with one attached hydrogen (secondary N) is 3. The van der Waals surface area contributed by atoms with Crippen LogP contribution in [0.25, 0.3) is 0 Å². The van der Waals surface area contributed by atoms with E-state index in [1.165, 1.54) is 20.2 Å². The van der Waals surface area contributed by atoms with Gasteiger partial charge in [-0.25, -0.2) is 9.78 Å². The summed E-state index contributed by atoms with van der Waals surface area (Å²) in [5.41, 5.74) is -0.0299. The summed E-state index contributed by atoms with van der Waals surface area (Å²) >= 11 is 0. The minimum Gasteiger partial charge on any atom is -0.444 e. The number of aromatic nitrogens is 2. The lowest BCUT2D eigenvalue weighted by Crippen LogP contribution is -2.59. The van der Waals surface area contributed by atoms with Crippen molar-refractivity contribution >= 4 is 29.5 Å². The highest BCUT2D eigenvalue weighted by Gasteiger charge is 2.35. The van der Waals surface area contributed by atoms with Crippen molar-refractivity contribution in [2.24, 2.45) is 0 Å². The number of rotatable bonds is 13. The van der Waals surface area contributed by atoms with Crippen molar-refractivity contribution in [1.29, 1.82) is 0 Å². The van der Waals surface area contributed by atoms with Gasteiger partial charge in [-0.1, -0.05) is 91.0 Å². The van der Waals surface area contributed by atoms with E-state index in [9.17, 15) is 19.2 Å². The van der Waals surface area contributed by atoms with Gasteiger partial charge in [0, 0.05) is 11.8 Å². The smallest absolute Gasteiger partial charge is 0.408 e. The fourth-order valence-electron chi connectivity index (χ4n) is 4.62. The zero-order valence-electron chi connectivity index (χ0n) is 27.2. The predicted molar refractivity (Wildman–Crippen MR) is 178 cm³/mol. The van der Waals surface area contributed by atoms with Crippen LogP contribution in [0.5, 0.6) is 0 Å². The maximum absolute atomic E-state index is 13.7. The van der Waals surface area contributed by atoms with Crippen molar-refractivity contribution in [2.45, 2.75) is 64.4 Å². The maximum Gasteiger partial charge on any atom is 0.408 e. The average molecular weight is 640 g/mol. The molecule has 0 spiro atoms. The Morgan fingerprint density at radius 1 is 0.830 bits per heavy atom. The highest BCUT2D eigenvalue weighted by molar-refractivity contribution is 6.01. The fraction of sp³-hybridized carbons (Fsp3) is 0.306. The van der Waals surface area contributed by atoms with E-state index in [4.69, 9.17) is 9.47 Å². The zero-order valence-corrected chi connectivity index (χ0v) is 27.2. The first-order valence-corrected chi connectivity index (χ1v) is 15.2. The first-order valence-electron chi connectivity index (χ1n) is 15.2. The lowest BCUT2D eigenvalue weighted by molar-refractivity contribution is -0.131. The number of hydrogen-bond acceptors (Lipinski definition) is 7. The number of ketones is 1. The van der Waals surface area contributed by atoms with E-state index in [2.05, 4.69) is 20.9 Å². The third-order valence-electron chi connectivity index (χ3n) is 6.97. The zero-order chi connectivity index (χ0) is 34.0. The van der Waals surface area contributed by atoms with E-state index in [0.29, 0.717) is 5.56 Å². The lowest BCUT2D eigenvalue weighted by Gasteiger charge is -2.29. The summed E-state index contributed by atoms with van der Waals surface area (Å²) in [6.45, 7) is 8.17. The van der Waals surface area contributed by atoms with E-state index in [1.807, 2.05) is 66.7 Å². The lowest BCUT2D eigenvalue weighted by atomic mass is 9.97. The number of hydrogen-bond donors (Lipinski definition) is 3. The van der Waals surface area contributed by atoms with Gasteiger partial charge in [0.25, 0.3) is 5.91 Å². The molecular weight excluding hydrogens is 598 g/mol. The van der Waals surface area contributed by atoms with E-state index in [0.717, 1.165) is 11.1 Å². The summed E-state index contributed by atoms with van der Waals surface area (Å²) in [7, 11) is 0. The quantitative estimate of drug-likeness (QED) is 0.169. The third-order valence-corrected chi connectivity index (χ3v) is 6.97. The van der Waals surface area contributed by atoms with Gasteiger partial charge in [0.2, 0.25) is 5.91 Å². The molecule has 0 aliphatic heterocycles. The van der Waals surface area contributed by atoms with Gasteiger partial charge in [-0.15, -0.1) is 0 Å². The number of alkyl carbamates (subject to hydrolysis) is 1. The summed E-state index contributed by atoms with van der Waals surface area (Å²) in [6, 6.07) is 25.7. The minimum atomic E-state index is -1.43. The molecule has 3 N–H and O–H groups in total. The topological polar surface area (TPSA) is 141 Å². The number of benzene rings is 3. The van der Waals surface area contributed by atoms with Crippen LogP contribution < -0.4 is 16.0 Å². The molecule has 2 atom stereocenters. The molecule has 0 saturated heterocycles. The van der Waals surface area contributed by atoms with Gasteiger partial charge in [-0.2, -0.15) is 0 Å². The van der Waals surface area contributed by atoms with E-state index < -0.39 is 41.1 Å². The van der Waals surface area contributed by atoms with Gasteiger partial charge in [0.05, 0.1) is 19.5 Å². The Hall–Kier alpha value is -5.29. The summed E-state index contributed by atoms with van der Waals surface area (Å²) in [4.78, 5) is 57.4. The molecule has 0 fully saturated rings. The number of carbonyl (C=O) groups is 4. The monoisotopic (exact) mass is 639 g/mol. The summed E-state index contributed by atoms with van der Waals surface area (Å²) < 4.78 is 12.8. The van der Waals surface area contributed by atoms with Crippen molar-refractivity contribution in [2.75, 3.05) is 11.9 Å². The molecule has 4 rings (SSSR count). The molecule has 246 valence electrons. The van der Waals surface area contributed by atoms with Crippen LogP contribution in [0.2, 0.25) is 0 Å². The van der Waals surface area contributed by atoms with Gasteiger partial charge < -0.3 is 30.0 Å². The molecule has 3 aromatic carbocycles. The number of ether oxygens (including phenoxy) is 2. The normalized spacial score (nSPS) is 12.8. The maximum atomic E-state index is 13.7. The second-order valence-electron chi connectivity index (χ2n) is 12.5. The number of anilines is 1. The Morgan fingerprint density at radius 3 is 2.04 bits per heavy atom. The molecule has 0 aliphatic rings. The van der Waals surface area contributed by atoms with E-state index >= 15 is 0 Å². The predicted octanol–water partition coefficient (Wildman–Crippen LogP) is 5.30. The van der Waals surface area contributed by atoms with Gasteiger partial charge in [0.15, 0.2) is 11.6 Å². The SMILES string of the molecule is CC(C)(C)OC(=O)NC(C)(C)C(=O)N[C@H](COCc1ccccc1)C(=O)Nc1cn(C(C(=O)c2ccccc2)c2ccccc2)cn1. The molecule has 1 unspecified atom stereocenters. The van der Waals surface area contributed by atoms with Gasteiger partial charge in [0.1, 0.15) is 23.2 Å². The number of imidazole rings is 1. The van der Waals surface area contributed by atoms with Gasteiger partial charge >= 0.3 is 6.09 Å². The Bertz CT molecular complexity index is 1650. The third kappa shape index (κ3) is 10.1. The number of nitrogens with zero attached hydrogens (tertiary/aromatic N) is 2. The Kier molecular flexibility index (Phi) is 11.3. The molecule has 0 aliphatic carbocycles. The van der Waals surface area contributed by atoms with Crippen molar-refractivity contribution in [3.8, 4) is 0 Å². The van der Waals surface area contributed by atoms with E-state index in [-0.39, 0.29) is 24.8 Å². The van der Waals surface area contributed by atoms with E-state index in [1.54, 1.807) is 55.8 Å². The first-order chi connectivity index (χ1) is 22.3. The van der Waals surface area contributed by atoms with Crippen molar-refractivity contribution in [3.05, 3.63) is 120 Å². The molecule has 4 aromatic rings. The molecule has 47 heavy (non-hydrogen) atoms. The van der Waals surface area contributed by atoms with Crippen LogP contribution in [0.15, 0.2) is 104 Å². The molecule has 11 heteroatoms. The molecular formula is C36H41N5O6. The summed E-state index contributed by atoms with van der Waals surface area (Å²) in [5.74, 6) is -1.21. The average Bonchev–Trinajstić information content (AvgIpc) is 3.48. The van der Waals surface area contributed by atoms with Gasteiger partial charge in [-0.05, 0) is 45.7 Å². The molecule has 1 heterocycles. The minimum absolute atomic E-state index is 0.147. The fourth-order valence-corrected chi connectivity index (χ4v) is 4.62. The van der Waals surface area contributed by atoms with Crippen molar-refractivity contribution in [3.63, 3.8) is 0 Å². The molecule has 0 saturated carbocycles. The van der Waals surface area contributed by atoms with Crippen LogP contribution in [0.1, 0.15) is 62.1 Å². The van der Waals surface area contributed by atoms with Crippen LogP contribution >= 0.6 is 0 Å². The van der Waals surface area contributed by atoms with Crippen molar-refractivity contribution in [1.82, 2.24) is 20.2 Å². The standard InChI is InChI=1S/C36H41N5O6/c1-35(2,3)47-34(45)40-36(4,5)33(44)38-28(23-46-22-25-15-9-6-10-16-25)32(43)39-29-21-41(24-37-29)30(26-17-11-7-12-18-26)31(42)27-19-13-8-14-20-27/h6-21,24,28,30H,22-23H2,1-5H3,(H,38,44)(H,39,43)(H,40,45)/t28-,30?/m1/s1. The molecule has 0 bridgehead atoms. The molecule has 11 nitrogen and oxygen atoms in total. The molecule has 3 amide bonds. The highest BCUT2D eigenvalue weighted by Crippen LogP contribution is 2.24. The van der Waals surface area contributed by atoms with Crippen molar-refractivity contribution < 1.29 is 28.7 Å². The second-order valence-corrected chi connectivity index (χ2v) is 12.5. The number of amides is 3. The van der Waals surface area contributed by atoms with Crippen LogP contribution in [0.4, 0.5) is 10.6 Å². The Labute approximate surface area is 274 Å². The molecule has 0 radical (unpaired) electrons. The number of Topliss-reactive ketones (excluding diaryl/α,β-unsaturated/α-hetero) is 1. The molecule has 1 aromatic heterocycles. The Balaban J connectivity index is 1.52. The van der Waals surface area contributed by atoms with Crippen LogP contribution in [-0.4, -0.2) is 57.0 Å². The van der Waals surface area contributed by atoms with Crippen LogP contribution in [0.3, 0.4) is 0 Å². The number of carbonyl (C=O) groups excluding carboxylic acids is 4. The largest absolute Gasteiger partial charge is 0.444 e. The van der Waals surface area contributed by atoms with Gasteiger partial charge in [-0.3, -0.25) is 14.4 Å². The Morgan fingerprint density at radius 2 is 1.43 bits per heavy atom. The van der Waals surface area contributed by atoms with Crippen LogP contribution in [0, 0.1) is 0 Å². The second kappa shape index (κ2) is 15.3.